The number of hydrogen-bond donors (Lipinski definition) is 1. The highest BCUT2D eigenvalue weighted by Crippen LogP contribution is 2.18. The van der Waals surface area contributed by atoms with Crippen LogP contribution in [0.4, 0.5) is 5.95 Å². The molecule has 5 nitrogen and oxygen atoms in total. The van der Waals surface area contributed by atoms with E-state index in [1.165, 1.54) is 0 Å². The molecule has 0 fully saturated rings. The molecular formula is C14H23N3O2S. The molecule has 0 saturated heterocycles. The average Bonchev–Trinajstić information content (AvgIpc) is 2.37. The van der Waals surface area contributed by atoms with E-state index in [9.17, 15) is 4.79 Å². The van der Waals surface area contributed by atoms with Gasteiger partial charge in [-0.15, -0.1) is 11.8 Å². The van der Waals surface area contributed by atoms with Crippen LogP contribution in [0.15, 0.2) is 11.1 Å². The lowest BCUT2D eigenvalue weighted by atomic mass is 10.2. The first kappa shape index (κ1) is 16.8. The number of ether oxygens (including phenoxy) is 1. The maximum absolute atomic E-state index is 11.4. The Labute approximate surface area is 124 Å². The number of nitrogens with zero attached hydrogens (tertiary/aromatic N) is 2. The van der Waals surface area contributed by atoms with E-state index in [0.717, 1.165) is 42.2 Å². The fourth-order valence-corrected chi connectivity index (χ4v) is 2.56. The Kier molecular flexibility index (Phi) is 8.02. The number of nitrogens with two attached hydrogens (primary N) is 1. The number of hydrogen-bond acceptors (Lipinski definition) is 6. The zero-order valence-electron chi connectivity index (χ0n) is 12.2. The smallest absolute Gasteiger partial charge is 0.305 e. The van der Waals surface area contributed by atoms with Crippen LogP contribution in [0.1, 0.15) is 44.7 Å². The average molecular weight is 297 g/mol. The van der Waals surface area contributed by atoms with E-state index in [-0.39, 0.29) is 5.97 Å². The number of nitrogen functional groups attached to an aromatic ring is 1. The fraction of sp³-hybridized carbons (Fsp3) is 0.643. The predicted molar refractivity (Wildman–Crippen MR) is 81.6 cm³/mol. The van der Waals surface area contributed by atoms with Crippen LogP contribution in [-0.4, -0.2) is 28.3 Å². The monoisotopic (exact) mass is 297 g/mol. The van der Waals surface area contributed by atoms with Gasteiger partial charge in [0.2, 0.25) is 5.95 Å². The number of thioether (sulfide) groups is 1. The van der Waals surface area contributed by atoms with Crippen LogP contribution >= 0.6 is 11.8 Å². The van der Waals surface area contributed by atoms with Crippen LogP contribution in [0.3, 0.4) is 0 Å². The second-order valence-corrected chi connectivity index (χ2v) is 5.70. The molecule has 0 saturated carbocycles. The van der Waals surface area contributed by atoms with Crippen LogP contribution in [-0.2, 0) is 9.53 Å². The van der Waals surface area contributed by atoms with Crippen molar-refractivity contribution in [3.8, 4) is 0 Å². The van der Waals surface area contributed by atoms with Crippen LogP contribution in [0, 0.1) is 6.92 Å². The van der Waals surface area contributed by atoms with E-state index in [0.29, 0.717) is 19.0 Å². The van der Waals surface area contributed by atoms with E-state index in [4.69, 9.17) is 10.5 Å². The topological polar surface area (TPSA) is 78.1 Å². The van der Waals surface area contributed by atoms with Gasteiger partial charge in [0.1, 0.15) is 5.03 Å². The van der Waals surface area contributed by atoms with Crippen molar-refractivity contribution in [1.29, 1.82) is 0 Å². The second-order valence-electron chi connectivity index (χ2n) is 4.59. The maximum Gasteiger partial charge on any atom is 0.305 e. The number of aromatic nitrogens is 2. The van der Waals surface area contributed by atoms with Crippen molar-refractivity contribution >= 4 is 23.7 Å². The molecule has 0 aromatic carbocycles. The molecule has 0 amide bonds. The molecule has 0 radical (unpaired) electrons. The number of anilines is 1. The molecule has 1 rings (SSSR count). The minimum absolute atomic E-state index is 0.0921. The van der Waals surface area contributed by atoms with Gasteiger partial charge in [-0.3, -0.25) is 4.79 Å². The van der Waals surface area contributed by atoms with Crippen LogP contribution in [0.25, 0.3) is 0 Å². The molecule has 1 heterocycles. The SMILES string of the molecule is CCCCOC(=O)CCCCSc1cc(C)nc(N)n1. The summed E-state index contributed by atoms with van der Waals surface area (Å²) in [5, 5.41) is 0.889. The van der Waals surface area contributed by atoms with Gasteiger partial charge >= 0.3 is 5.97 Å². The third-order valence-corrected chi connectivity index (χ3v) is 3.63. The van der Waals surface area contributed by atoms with E-state index < -0.39 is 0 Å². The minimum atomic E-state index is -0.0921. The first-order valence-corrected chi connectivity index (χ1v) is 8.00. The summed E-state index contributed by atoms with van der Waals surface area (Å²) in [6.07, 6.45) is 4.28. The van der Waals surface area contributed by atoms with Gasteiger partial charge in [0.15, 0.2) is 0 Å². The Hall–Kier alpha value is -1.30. The van der Waals surface area contributed by atoms with Crippen molar-refractivity contribution < 1.29 is 9.53 Å². The van der Waals surface area contributed by atoms with Gasteiger partial charge in [-0.2, -0.15) is 0 Å². The molecule has 2 N–H and O–H groups in total. The zero-order valence-corrected chi connectivity index (χ0v) is 13.0. The van der Waals surface area contributed by atoms with Gasteiger partial charge in [0, 0.05) is 12.1 Å². The predicted octanol–water partition coefficient (Wildman–Crippen LogP) is 2.97. The Bertz CT molecular complexity index is 407. The summed E-state index contributed by atoms with van der Waals surface area (Å²) in [6, 6.07) is 1.92. The fourth-order valence-electron chi connectivity index (χ4n) is 1.59. The summed E-state index contributed by atoms with van der Waals surface area (Å²) in [6.45, 7) is 4.52. The quantitative estimate of drug-likeness (QED) is 0.327. The number of carbonyl (C=O) groups is 1. The highest BCUT2D eigenvalue weighted by atomic mass is 32.2. The molecule has 0 unspecified atom stereocenters. The third-order valence-electron chi connectivity index (χ3n) is 2.63. The number of carbonyl (C=O) groups excluding carboxylic acids is 1. The van der Waals surface area contributed by atoms with E-state index in [1.807, 2.05) is 13.0 Å². The molecule has 0 atom stereocenters. The van der Waals surface area contributed by atoms with E-state index in [1.54, 1.807) is 11.8 Å². The molecule has 1 aromatic rings. The van der Waals surface area contributed by atoms with Crippen LogP contribution in [0.2, 0.25) is 0 Å². The first-order chi connectivity index (χ1) is 9.61. The van der Waals surface area contributed by atoms with Crippen molar-refractivity contribution in [1.82, 2.24) is 9.97 Å². The summed E-state index contributed by atoms with van der Waals surface area (Å²) < 4.78 is 5.10. The maximum atomic E-state index is 11.4. The number of esters is 1. The van der Waals surface area contributed by atoms with Crippen molar-refractivity contribution in [2.75, 3.05) is 18.1 Å². The second kappa shape index (κ2) is 9.58. The standard InChI is InChI=1S/C14H23N3O2S/c1-3-4-8-19-13(18)7-5-6-9-20-12-10-11(2)16-14(15)17-12/h10H,3-9H2,1-2H3,(H2,15,16,17). The third kappa shape index (κ3) is 7.33. The van der Waals surface area contributed by atoms with Gasteiger partial charge in [0.25, 0.3) is 0 Å². The lowest BCUT2D eigenvalue weighted by molar-refractivity contribution is -0.143. The van der Waals surface area contributed by atoms with Crippen molar-refractivity contribution in [3.63, 3.8) is 0 Å². The van der Waals surface area contributed by atoms with Gasteiger partial charge < -0.3 is 10.5 Å². The molecule has 112 valence electrons. The minimum Gasteiger partial charge on any atom is -0.466 e. The van der Waals surface area contributed by atoms with Crippen molar-refractivity contribution in [2.24, 2.45) is 0 Å². The lowest BCUT2D eigenvalue weighted by Crippen LogP contribution is -2.05. The first-order valence-electron chi connectivity index (χ1n) is 7.01. The molecule has 0 spiro atoms. The number of rotatable bonds is 9. The molecule has 0 aliphatic rings. The molecular weight excluding hydrogens is 274 g/mol. The van der Waals surface area contributed by atoms with Crippen LogP contribution < -0.4 is 5.73 Å². The lowest BCUT2D eigenvalue weighted by Gasteiger charge is -2.04. The zero-order chi connectivity index (χ0) is 14.8. The van der Waals surface area contributed by atoms with Crippen LogP contribution in [0.5, 0.6) is 0 Å². The summed E-state index contributed by atoms with van der Waals surface area (Å²) >= 11 is 1.64. The van der Waals surface area contributed by atoms with E-state index in [2.05, 4.69) is 16.9 Å². The number of aryl methyl sites for hydroxylation is 1. The largest absolute Gasteiger partial charge is 0.466 e. The molecule has 0 aliphatic carbocycles. The number of unbranched alkanes of at least 4 members (excludes halogenated alkanes) is 2. The van der Waals surface area contributed by atoms with Gasteiger partial charge in [-0.1, -0.05) is 13.3 Å². The normalized spacial score (nSPS) is 10.5. The summed E-state index contributed by atoms with van der Waals surface area (Å²) in [7, 11) is 0. The molecule has 0 bridgehead atoms. The summed E-state index contributed by atoms with van der Waals surface area (Å²) in [5.74, 6) is 1.13. The van der Waals surface area contributed by atoms with Crippen molar-refractivity contribution in [2.45, 2.75) is 51.0 Å². The molecule has 0 aliphatic heterocycles. The Morgan fingerprint density at radius 1 is 1.35 bits per heavy atom. The Morgan fingerprint density at radius 2 is 2.15 bits per heavy atom. The highest BCUT2D eigenvalue weighted by Gasteiger charge is 2.03. The Morgan fingerprint density at radius 3 is 2.85 bits per heavy atom. The molecule has 20 heavy (non-hydrogen) atoms. The Balaban J connectivity index is 2.11. The van der Waals surface area contributed by atoms with Gasteiger partial charge in [0.05, 0.1) is 6.61 Å². The molecule has 6 heteroatoms. The summed E-state index contributed by atoms with van der Waals surface area (Å²) in [5.41, 5.74) is 6.47. The van der Waals surface area contributed by atoms with E-state index >= 15 is 0 Å². The van der Waals surface area contributed by atoms with Gasteiger partial charge in [-0.05, 0) is 38.0 Å². The van der Waals surface area contributed by atoms with Crippen molar-refractivity contribution in [3.05, 3.63) is 11.8 Å². The van der Waals surface area contributed by atoms with Gasteiger partial charge in [-0.25, -0.2) is 9.97 Å². The summed E-state index contributed by atoms with van der Waals surface area (Å²) in [4.78, 5) is 19.6. The highest BCUT2D eigenvalue weighted by molar-refractivity contribution is 7.99. The molecule has 1 aromatic heterocycles.